The van der Waals surface area contributed by atoms with Crippen molar-refractivity contribution in [2.45, 2.75) is 106 Å². The lowest BCUT2D eigenvalue weighted by Gasteiger charge is -2.48. The second kappa shape index (κ2) is 16.5. The number of ether oxygens (including phenoxy) is 10. The summed E-state index contributed by atoms with van der Waals surface area (Å²) in [6, 6.07) is 0. The van der Waals surface area contributed by atoms with Crippen molar-refractivity contribution >= 4 is 11.9 Å². The SMILES string of the molecule is C=C[C@@H]1[C@@H](O[C@H]2O[C@@H](CO)[C@H](O)[C@@H](O)[C@@H]2O)OC=C(C(=O)OC)[C@H]1C[C@H]1OC[C@@H]2O[C@H](O[C@@H]3OC=C(C(=O)OC)[C@H]4C[C@@H](O)[C@H](C)[C@@H]34)[C@@H](O)[C@H](O)[C@@H]2O1. The van der Waals surface area contributed by atoms with Gasteiger partial charge in [0.05, 0.1) is 57.2 Å². The molecule has 298 valence electrons. The smallest absolute Gasteiger partial charge is 0.337 e. The minimum Gasteiger partial charge on any atom is -0.472 e. The Kier molecular flexibility index (Phi) is 12.5. The topological polar surface area (TPSA) is 268 Å². The quantitative estimate of drug-likeness (QED) is 0.0880. The summed E-state index contributed by atoms with van der Waals surface area (Å²) in [7, 11) is 2.42. The Morgan fingerprint density at radius 2 is 1.45 bits per heavy atom. The maximum absolute atomic E-state index is 12.8. The molecule has 0 aromatic carbocycles. The number of methoxy groups -OCH3 is 2. The first-order valence-electron chi connectivity index (χ1n) is 17.4. The lowest BCUT2D eigenvalue weighted by molar-refractivity contribution is -0.381. The van der Waals surface area contributed by atoms with Gasteiger partial charge < -0.3 is 83.1 Å². The molecule has 0 aromatic rings. The molecule has 4 fully saturated rings. The van der Waals surface area contributed by atoms with Crippen molar-refractivity contribution in [1.82, 2.24) is 0 Å². The van der Waals surface area contributed by atoms with E-state index >= 15 is 0 Å². The van der Waals surface area contributed by atoms with Gasteiger partial charge in [0.25, 0.3) is 0 Å². The Morgan fingerprint density at radius 3 is 2.13 bits per heavy atom. The Balaban J connectivity index is 1.13. The van der Waals surface area contributed by atoms with Crippen molar-refractivity contribution in [2.24, 2.45) is 29.6 Å². The fourth-order valence-electron chi connectivity index (χ4n) is 8.01. The monoisotopic (exact) mass is 760 g/mol. The average Bonchev–Trinajstić information content (AvgIpc) is 3.46. The fraction of sp³-hybridized carbons (Fsp3) is 0.765. The highest BCUT2D eigenvalue weighted by Gasteiger charge is 2.55. The van der Waals surface area contributed by atoms with Gasteiger partial charge in [-0.2, -0.15) is 0 Å². The number of rotatable bonds is 10. The summed E-state index contributed by atoms with van der Waals surface area (Å²) in [4.78, 5) is 25.2. The molecular formula is C34H48O19. The highest BCUT2D eigenvalue weighted by Crippen LogP contribution is 2.48. The molecule has 1 saturated carbocycles. The summed E-state index contributed by atoms with van der Waals surface area (Å²) >= 11 is 0. The molecule has 0 amide bonds. The molecule has 6 rings (SSSR count). The van der Waals surface area contributed by atoms with Gasteiger partial charge in [-0.15, -0.1) is 6.58 Å². The van der Waals surface area contributed by atoms with E-state index in [1.165, 1.54) is 26.6 Å². The number of carbonyl (C=O) groups excluding carboxylic acids is 2. The molecule has 0 unspecified atom stereocenters. The zero-order valence-corrected chi connectivity index (χ0v) is 29.3. The van der Waals surface area contributed by atoms with E-state index in [0.717, 1.165) is 6.26 Å². The van der Waals surface area contributed by atoms with Gasteiger partial charge in [-0.25, -0.2) is 9.59 Å². The standard InChI is InChI=1S/C34H48O19/c1-5-13-14(16(29(42)44-3)9-47-31(13)52-33-26(40)24(38)23(37)19(8-35)49-33)7-21-46-11-20-28(51-21)25(39)27(41)34(50-20)53-32-22-12(2)18(36)6-15(22)17(10-48-32)30(43)45-4/h5,9-10,12-15,18-28,31-41H,1,6-8,11H2,2-4H3/t12-,13-,14-,15+,18+,19-,20-,21-,22+,23-,24+,25-,26-,27-,28+,31+,32-,33+,34+/m0/s1. The van der Waals surface area contributed by atoms with Crippen LogP contribution < -0.4 is 0 Å². The van der Waals surface area contributed by atoms with Crippen LogP contribution in [0.5, 0.6) is 0 Å². The summed E-state index contributed by atoms with van der Waals surface area (Å²) in [6.45, 7) is 4.82. The third kappa shape index (κ3) is 7.60. The Bertz CT molecular complexity index is 1390. The van der Waals surface area contributed by atoms with Gasteiger partial charge >= 0.3 is 11.9 Å². The average molecular weight is 761 g/mol. The summed E-state index contributed by atoms with van der Waals surface area (Å²) in [6.07, 6.45) is -14.7. The fourth-order valence-corrected chi connectivity index (χ4v) is 8.01. The third-order valence-corrected chi connectivity index (χ3v) is 11.1. The van der Waals surface area contributed by atoms with E-state index in [9.17, 15) is 45.3 Å². The van der Waals surface area contributed by atoms with Gasteiger partial charge in [-0.1, -0.05) is 13.0 Å². The second-order valence-corrected chi connectivity index (χ2v) is 14.0. The van der Waals surface area contributed by atoms with E-state index in [1.54, 1.807) is 6.92 Å². The minimum atomic E-state index is -1.73. The van der Waals surface area contributed by atoms with Crippen LogP contribution in [-0.2, 0) is 57.0 Å². The normalized spacial score (nSPS) is 46.7. The van der Waals surface area contributed by atoms with Gasteiger partial charge in [0.15, 0.2) is 18.9 Å². The molecule has 53 heavy (non-hydrogen) atoms. The molecule has 5 aliphatic heterocycles. The van der Waals surface area contributed by atoms with Crippen LogP contribution in [0, 0.1) is 29.6 Å². The second-order valence-electron chi connectivity index (χ2n) is 14.0. The van der Waals surface area contributed by atoms with Crippen LogP contribution in [0.15, 0.2) is 36.3 Å². The molecule has 7 N–H and O–H groups in total. The van der Waals surface area contributed by atoms with Crippen LogP contribution in [0.4, 0.5) is 0 Å². The first-order valence-corrected chi connectivity index (χ1v) is 17.4. The number of aliphatic hydroxyl groups is 7. The van der Waals surface area contributed by atoms with Gasteiger partial charge in [0.1, 0.15) is 48.8 Å². The number of hydrogen-bond donors (Lipinski definition) is 7. The molecule has 5 heterocycles. The van der Waals surface area contributed by atoms with Gasteiger partial charge in [-0.05, 0) is 12.3 Å². The molecule has 6 aliphatic rings. The molecule has 0 radical (unpaired) electrons. The molecule has 0 aromatic heterocycles. The molecular weight excluding hydrogens is 712 g/mol. The van der Waals surface area contributed by atoms with Crippen molar-refractivity contribution in [1.29, 1.82) is 0 Å². The largest absolute Gasteiger partial charge is 0.472 e. The van der Waals surface area contributed by atoms with E-state index in [-0.39, 0.29) is 36.5 Å². The van der Waals surface area contributed by atoms with Crippen molar-refractivity contribution in [2.75, 3.05) is 27.4 Å². The first-order chi connectivity index (χ1) is 25.3. The van der Waals surface area contributed by atoms with Crippen LogP contribution in [0.1, 0.15) is 19.8 Å². The van der Waals surface area contributed by atoms with Crippen LogP contribution in [0.3, 0.4) is 0 Å². The molecule has 3 saturated heterocycles. The lowest BCUT2D eigenvalue weighted by Crippen LogP contribution is -2.64. The Morgan fingerprint density at radius 1 is 0.830 bits per heavy atom. The molecule has 19 nitrogen and oxygen atoms in total. The third-order valence-electron chi connectivity index (χ3n) is 11.1. The number of esters is 2. The van der Waals surface area contributed by atoms with E-state index in [2.05, 4.69) is 6.58 Å². The number of hydrogen-bond acceptors (Lipinski definition) is 19. The number of carbonyl (C=O) groups is 2. The van der Waals surface area contributed by atoms with Crippen molar-refractivity contribution in [3.63, 3.8) is 0 Å². The summed E-state index contributed by atoms with van der Waals surface area (Å²) in [5.41, 5.74) is 0.307. The zero-order chi connectivity index (χ0) is 38.3. The Labute approximate surface area is 304 Å². The van der Waals surface area contributed by atoms with E-state index in [0.29, 0.717) is 0 Å². The van der Waals surface area contributed by atoms with Crippen LogP contribution in [0.25, 0.3) is 0 Å². The van der Waals surface area contributed by atoms with Crippen LogP contribution >= 0.6 is 0 Å². The summed E-state index contributed by atoms with van der Waals surface area (Å²) in [5.74, 6) is -4.31. The van der Waals surface area contributed by atoms with Crippen LogP contribution in [-0.4, -0.2) is 162 Å². The first kappa shape index (κ1) is 39.9. The predicted octanol–water partition coefficient (Wildman–Crippen LogP) is -2.72. The molecule has 19 heteroatoms. The van der Waals surface area contributed by atoms with E-state index < -0.39 is 129 Å². The molecule has 1 aliphatic carbocycles. The highest BCUT2D eigenvalue weighted by atomic mass is 16.8. The maximum Gasteiger partial charge on any atom is 0.337 e. The predicted molar refractivity (Wildman–Crippen MR) is 170 cm³/mol. The highest BCUT2D eigenvalue weighted by molar-refractivity contribution is 5.89. The van der Waals surface area contributed by atoms with Crippen LogP contribution in [0.2, 0.25) is 0 Å². The van der Waals surface area contributed by atoms with E-state index in [4.69, 9.17) is 47.4 Å². The zero-order valence-electron chi connectivity index (χ0n) is 29.3. The number of fused-ring (bicyclic) bond motifs is 2. The summed E-state index contributed by atoms with van der Waals surface area (Å²) < 4.78 is 56.7. The maximum atomic E-state index is 12.8. The number of aliphatic hydroxyl groups excluding tert-OH is 7. The van der Waals surface area contributed by atoms with Gasteiger partial charge in [0.2, 0.25) is 12.6 Å². The van der Waals surface area contributed by atoms with Crippen molar-refractivity contribution < 1.29 is 92.7 Å². The van der Waals surface area contributed by atoms with Crippen molar-refractivity contribution in [3.8, 4) is 0 Å². The van der Waals surface area contributed by atoms with Gasteiger partial charge in [0, 0.05) is 30.1 Å². The minimum absolute atomic E-state index is 0.0516. The Hall–Kier alpha value is -2.76. The van der Waals surface area contributed by atoms with E-state index in [1.807, 2.05) is 0 Å². The lowest BCUT2D eigenvalue weighted by atomic mass is 9.81. The molecule has 19 atom stereocenters. The van der Waals surface area contributed by atoms with Crippen molar-refractivity contribution in [3.05, 3.63) is 36.3 Å². The molecule has 0 spiro atoms. The van der Waals surface area contributed by atoms with Gasteiger partial charge in [-0.3, -0.25) is 0 Å². The molecule has 0 bridgehead atoms. The summed E-state index contributed by atoms with van der Waals surface area (Å²) in [5, 5.41) is 73.5.